The number of halogens is 1. The van der Waals surface area contributed by atoms with E-state index in [-0.39, 0.29) is 18.4 Å². The van der Waals surface area contributed by atoms with Gasteiger partial charge in [-0.3, -0.25) is 9.59 Å². The fourth-order valence-electron chi connectivity index (χ4n) is 2.39. The normalized spacial score (nSPS) is 10.5. The average molecular weight is 389 g/mol. The number of nitrogens with one attached hydrogen (secondary N) is 2. The standard InChI is InChI=1S/C19H21BrN2O2/c1-12(2)16-6-4-5-13(3)18(16)22-17(23)11-21-19(24)14-7-9-15(20)10-8-14/h4-10,12H,11H2,1-3H3,(H,21,24)(H,22,23). The minimum Gasteiger partial charge on any atom is -0.343 e. The first-order valence-electron chi connectivity index (χ1n) is 7.81. The highest BCUT2D eigenvalue weighted by molar-refractivity contribution is 9.10. The molecule has 24 heavy (non-hydrogen) atoms. The Labute approximate surface area is 150 Å². The van der Waals surface area contributed by atoms with Crippen LogP contribution in [0.15, 0.2) is 46.9 Å². The molecule has 0 fully saturated rings. The molecule has 0 saturated heterocycles. The highest BCUT2D eigenvalue weighted by Crippen LogP contribution is 2.27. The lowest BCUT2D eigenvalue weighted by Crippen LogP contribution is -2.33. The second-order valence-electron chi connectivity index (χ2n) is 5.93. The van der Waals surface area contributed by atoms with Gasteiger partial charge in [0.2, 0.25) is 5.91 Å². The van der Waals surface area contributed by atoms with Crippen LogP contribution in [0.4, 0.5) is 5.69 Å². The van der Waals surface area contributed by atoms with Crippen LogP contribution in [0.2, 0.25) is 0 Å². The molecule has 0 aliphatic carbocycles. The van der Waals surface area contributed by atoms with Gasteiger partial charge >= 0.3 is 0 Å². The van der Waals surface area contributed by atoms with Gasteiger partial charge < -0.3 is 10.6 Å². The molecule has 0 saturated carbocycles. The maximum Gasteiger partial charge on any atom is 0.251 e. The molecule has 0 aromatic heterocycles. The highest BCUT2D eigenvalue weighted by Gasteiger charge is 2.13. The molecule has 0 spiro atoms. The van der Waals surface area contributed by atoms with Gasteiger partial charge in [0.25, 0.3) is 5.91 Å². The molecule has 126 valence electrons. The molecule has 0 bridgehead atoms. The molecule has 0 aliphatic rings. The van der Waals surface area contributed by atoms with Gasteiger partial charge in [0, 0.05) is 15.7 Å². The summed E-state index contributed by atoms with van der Waals surface area (Å²) in [4.78, 5) is 24.2. The van der Waals surface area contributed by atoms with Crippen LogP contribution in [0, 0.1) is 6.92 Å². The van der Waals surface area contributed by atoms with E-state index >= 15 is 0 Å². The average Bonchev–Trinajstić information content (AvgIpc) is 2.55. The molecule has 0 radical (unpaired) electrons. The van der Waals surface area contributed by atoms with Gasteiger partial charge in [0.1, 0.15) is 0 Å². The van der Waals surface area contributed by atoms with Crippen molar-refractivity contribution in [2.45, 2.75) is 26.7 Å². The minimum absolute atomic E-state index is 0.0687. The molecule has 5 heteroatoms. The summed E-state index contributed by atoms with van der Waals surface area (Å²) in [5.74, 6) is -0.208. The minimum atomic E-state index is -0.272. The van der Waals surface area contributed by atoms with E-state index in [1.54, 1.807) is 24.3 Å². The first-order chi connectivity index (χ1) is 11.4. The number of hydrogen-bond acceptors (Lipinski definition) is 2. The molecule has 0 aliphatic heterocycles. The van der Waals surface area contributed by atoms with Gasteiger partial charge in [-0.2, -0.15) is 0 Å². The summed E-state index contributed by atoms with van der Waals surface area (Å²) in [7, 11) is 0. The molecule has 0 atom stereocenters. The number of aryl methyl sites for hydroxylation is 1. The van der Waals surface area contributed by atoms with Gasteiger partial charge in [-0.15, -0.1) is 0 Å². The van der Waals surface area contributed by atoms with Gasteiger partial charge in [-0.25, -0.2) is 0 Å². The maximum atomic E-state index is 12.2. The second kappa shape index (κ2) is 8.11. The molecule has 4 nitrogen and oxygen atoms in total. The highest BCUT2D eigenvalue weighted by atomic mass is 79.9. The van der Waals surface area contributed by atoms with Crippen LogP contribution in [0.25, 0.3) is 0 Å². The Bertz CT molecular complexity index is 740. The zero-order chi connectivity index (χ0) is 17.7. The first kappa shape index (κ1) is 18.2. The van der Waals surface area contributed by atoms with Gasteiger partial charge in [-0.05, 0) is 48.2 Å². The number of para-hydroxylation sites is 1. The van der Waals surface area contributed by atoms with E-state index in [0.717, 1.165) is 21.3 Å². The van der Waals surface area contributed by atoms with Crippen molar-refractivity contribution in [3.8, 4) is 0 Å². The fraction of sp³-hybridized carbons (Fsp3) is 0.263. The Morgan fingerprint density at radius 3 is 2.38 bits per heavy atom. The summed E-state index contributed by atoms with van der Waals surface area (Å²) in [6.45, 7) is 6.06. The third-order valence-electron chi connectivity index (χ3n) is 3.71. The molecule has 2 N–H and O–H groups in total. The van der Waals surface area contributed by atoms with E-state index in [0.29, 0.717) is 11.5 Å². The van der Waals surface area contributed by atoms with Gasteiger partial charge in [0.05, 0.1) is 6.54 Å². The van der Waals surface area contributed by atoms with Crippen molar-refractivity contribution in [3.05, 3.63) is 63.6 Å². The van der Waals surface area contributed by atoms with E-state index in [4.69, 9.17) is 0 Å². The van der Waals surface area contributed by atoms with Crippen molar-refractivity contribution in [2.24, 2.45) is 0 Å². The molecule has 2 rings (SSSR count). The summed E-state index contributed by atoms with van der Waals surface area (Å²) >= 11 is 3.32. The third-order valence-corrected chi connectivity index (χ3v) is 4.24. The van der Waals surface area contributed by atoms with Crippen LogP contribution >= 0.6 is 15.9 Å². The van der Waals surface area contributed by atoms with Crippen molar-refractivity contribution in [2.75, 3.05) is 11.9 Å². The first-order valence-corrected chi connectivity index (χ1v) is 8.61. The zero-order valence-electron chi connectivity index (χ0n) is 14.0. The number of rotatable bonds is 5. The van der Waals surface area contributed by atoms with Crippen LogP contribution in [0.5, 0.6) is 0 Å². The third kappa shape index (κ3) is 4.68. The van der Waals surface area contributed by atoms with Crippen molar-refractivity contribution in [1.29, 1.82) is 0 Å². The summed E-state index contributed by atoms with van der Waals surface area (Å²) < 4.78 is 0.901. The molecular formula is C19H21BrN2O2. The quantitative estimate of drug-likeness (QED) is 0.803. The fourth-order valence-corrected chi connectivity index (χ4v) is 2.65. The van der Waals surface area contributed by atoms with Gasteiger partial charge in [0.15, 0.2) is 0 Å². The summed E-state index contributed by atoms with van der Waals surface area (Å²) in [6, 6.07) is 12.9. The van der Waals surface area contributed by atoms with E-state index in [2.05, 4.69) is 40.4 Å². The molecule has 0 heterocycles. The van der Waals surface area contributed by atoms with E-state index in [1.807, 2.05) is 25.1 Å². The Kier molecular flexibility index (Phi) is 6.15. The van der Waals surface area contributed by atoms with Crippen molar-refractivity contribution in [3.63, 3.8) is 0 Å². The van der Waals surface area contributed by atoms with Gasteiger partial charge in [-0.1, -0.05) is 48.0 Å². The predicted molar refractivity (Wildman–Crippen MR) is 100 cm³/mol. The van der Waals surface area contributed by atoms with Crippen LogP contribution in [0.1, 0.15) is 41.3 Å². The van der Waals surface area contributed by atoms with Crippen LogP contribution in [-0.2, 0) is 4.79 Å². The van der Waals surface area contributed by atoms with Crippen molar-refractivity contribution < 1.29 is 9.59 Å². The second-order valence-corrected chi connectivity index (χ2v) is 6.85. The Balaban J connectivity index is 1.99. The SMILES string of the molecule is Cc1cccc(C(C)C)c1NC(=O)CNC(=O)c1ccc(Br)cc1. The molecular weight excluding hydrogens is 368 g/mol. The lowest BCUT2D eigenvalue weighted by atomic mass is 9.98. The summed E-state index contributed by atoms with van der Waals surface area (Å²) in [5.41, 5.74) is 3.44. The van der Waals surface area contributed by atoms with E-state index in [9.17, 15) is 9.59 Å². The maximum absolute atomic E-state index is 12.2. The smallest absolute Gasteiger partial charge is 0.251 e. The molecule has 0 unspecified atom stereocenters. The monoisotopic (exact) mass is 388 g/mol. The Morgan fingerprint density at radius 1 is 1.08 bits per heavy atom. The number of benzene rings is 2. The largest absolute Gasteiger partial charge is 0.343 e. The number of carbonyl (C=O) groups excluding carboxylic acids is 2. The van der Waals surface area contributed by atoms with Crippen LogP contribution in [-0.4, -0.2) is 18.4 Å². The number of amides is 2. The lowest BCUT2D eigenvalue weighted by Gasteiger charge is -2.16. The van der Waals surface area contributed by atoms with E-state index < -0.39 is 0 Å². The van der Waals surface area contributed by atoms with Crippen LogP contribution < -0.4 is 10.6 Å². The molecule has 2 amide bonds. The molecule has 2 aromatic rings. The number of anilines is 1. The van der Waals surface area contributed by atoms with Crippen molar-refractivity contribution in [1.82, 2.24) is 5.32 Å². The zero-order valence-corrected chi connectivity index (χ0v) is 15.6. The predicted octanol–water partition coefficient (Wildman–Crippen LogP) is 4.25. The number of carbonyl (C=O) groups is 2. The molecule has 2 aromatic carbocycles. The van der Waals surface area contributed by atoms with Crippen LogP contribution in [0.3, 0.4) is 0 Å². The number of hydrogen-bond donors (Lipinski definition) is 2. The van der Waals surface area contributed by atoms with E-state index in [1.165, 1.54) is 0 Å². The topological polar surface area (TPSA) is 58.2 Å². The Hall–Kier alpha value is -2.14. The van der Waals surface area contributed by atoms with Crippen molar-refractivity contribution >= 4 is 33.4 Å². The lowest BCUT2D eigenvalue weighted by molar-refractivity contribution is -0.115. The summed E-state index contributed by atoms with van der Waals surface area (Å²) in [6.07, 6.45) is 0. The summed E-state index contributed by atoms with van der Waals surface area (Å²) in [5, 5.41) is 5.56. The Morgan fingerprint density at radius 2 is 1.75 bits per heavy atom.